The topological polar surface area (TPSA) is 65.2 Å². The molecule has 0 aliphatic carbocycles. The molecule has 0 saturated heterocycles. The lowest BCUT2D eigenvalue weighted by molar-refractivity contribution is 0.0589. The highest BCUT2D eigenvalue weighted by Gasteiger charge is 2.12. The Morgan fingerprint density at radius 2 is 2.40 bits per heavy atom. The van der Waals surface area contributed by atoms with Crippen LogP contribution in [-0.4, -0.2) is 30.4 Å². The molecule has 2 N–H and O–H groups in total. The first-order valence-corrected chi connectivity index (χ1v) is 5.14. The van der Waals surface area contributed by atoms with E-state index in [1.54, 1.807) is 12.3 Å². The number of thioether (sulfide) groups is 1. The second-order valence-corrected chi connectivity index (χ2v) is 3.62. The summed E-state index contributed by atoms with van der Waals surface area (Å²) in [5.41, 5.74) is 5.73. The summed E-state index contributed by atoms with van der Waals surface area (Å²) in [6.45, 7) is 0.570. The van der Waals surface area contributed by atoms with Gasteiger partial charge in [-0.15, -0.1) is 24.2 Å². The molecule has 0 radical (unpaired) electrons. The van der Waals surface area contributed by atoms with Gasteiger partial charge in [-0.25, -0.2) is 9.78 Å². The number of halogens is 1. The van der Waals surface area contributed by atoms with Crippen molar-refractivity contribution in [3.63, 3.8) is 0 Å². The van der Waals surface area contributed by atoms with E-state index in [0.717, 1.165) is 10.6 Å². The number of nitrogens with two attached hydrogens (primary N) is 1. The van der Waals surface area contributed by atoms with E-state index < -0.39 is 5.97 Å². The van der Waals surface area contributed by atoms with Gasteiger partial charge in [0.05, 0.1) is 7.11 Å². The molecule has 6 heteroatoms. The number of carbonyl (C=O) groups excluding carboxylic acids is 1. The molecule has 15 heavy (non-hydrogen) atoms. The van der Waals surface area contributed by atoms with E-state index in [-0.39, 0.29) is 12.4 Å². The van der Waals surface area contributed by atoms with Gasteiger partial charge >= 0.3 is 5.97 Å². The third-order valence-electron chi connectivity index (χ3n) is 1.52. The zero-order chi connectivity index (χ0) is 10.4. The minimum Gasteiger partial charge on any atom is -0.464 e. The predicted octanol–water partition coefficient (Wildman–Crippen LogP) is 1.34. The Morgan fingerprint density at radius 1 is 1.67 bits per heavy atom. The average Bonchev–Trinajstić information content (AvgIpc) is 2.25. The maximum absolute atomic E-state index is 11.3. The van der Waals surface area contributed by atoms with Gasteiger partial charge in [0.2, 0.25) is 0 Å². The van der Waals surface area contributed by atoms with Crippen LogP contribution in [0.2, 0.25) is 0 Å². The van der Waals surface area contributed by atoms with E-state index in [1.807, 2.05) is 6.07 Å². The molecule has 0 aliphatic heterocycles. The average molecular weight is 249 g/mol. The number of esters is 1. The predicted molar refractivity (Wildman–Crippen MR) is 62.6 cm³/mol. The second-order valence-electron chi connectivity index (χ2n) is 2.48. The number of aromatic nitrogens is 1. The van der Waals surface area contributed by atoms with E-state index in [2.05, 4.69) is 9.72 Å². The molecular formula is C9H13ClN2O2S. The highest BCUT2D eigenvalue weighted by Crippen LogP contribution is 2.20. The summed E-state index contributed by atoms with van der Waals surface area (Å²) in [6.07, 6.45) is 1.57. The number of ether oxygens (including phenoxy) is 1. The third-order valence-corrected chi connectivity index (χ3v) is 2.61. The van der Waals surface area contributed by atoms with Gasteiger partial charge < -0.3 is 10.5 Å². The van der Waals surface area contributed by atoms with Gasteiger partial charge in [0.1, 0.15) is 0 Å². The lowest BCUT2D eigenvalue weighted by atomic mass is 10.3. The zero-order valence-corrected chi connectivity index (χ0v) is 9.94. The van der Waals surface area contributed by atoms with Crippen molar-refractivity contribution >= 4 is 30.1 Å². The summed E-state index contributed by atoms with van der Waals surface area (Å²) >= 11 is 1.50. The first kappa shape index (κ1) is 14.2. The molecule has 0 fully saturated rings. The maximum Gasteiger partial charge on any atom is 0.357 e. The second kappa shape index (κ2) is 7.50. The number of hydrogen-bond acceptors (Lipinski definition) is 5. The molecule has 0 spiro atoms. The number of carbonyl (C=O) groups is 1. The normalized spacial score (nSPS) is 9.20. The van der Waals surface area contributed by atoms with Crippen molar-refractivity contribution in [3.05, 3.63) is 24.0 Å². The fraction of sp³-hybridized carbons (Fsp3) is 0.333. The molecule has 0 atom stereocenters. The minimum atomic E-state index is -0.412. The van der Waals surface area contributed by atoms with Gasteiger partial charge in [-0.2, -0.15) is 0 Å². The molecule has 0 aliphatic rings. The molecule has 1 aromatic rings. The number of hydrogen-bond donors (Lipinski definition) is 1. The van der Waals surface area contributed by atoms with E-state index in [1.165, 1.54) is 18.9 Å². The highest BCUT2D eigenvalue weighted by molar-refractivity contribution is 7.99. The molecule has 1 rings (SSSR count). The summed E-state index contributed by atoms with van der Waals surface area (Å²) in [5.74, 6) is 0.348. The van der Waals surface area contributed by atoms with Gasteiger partial charge in [-0.05, 0) is 12.1 Å². The van der Waals surface area contributed by atoms with Crippen LogP contribution in [0.5, 0.6) is 0 Å². The van der Waals surface area contributed by atoms with Crippen LogP contribution in [0.25, 0.3) is 0 Å². The smallest absolute Gasteiger partial charge is 0.357 e. The molecule has 0 amide bonds. The largest absolute Gasteiger partial charge is 0.464 e. The molecule has 0 unspecified atom stereocenters. The maximum atomic E-state index is 11.3. The minimum absolute atomic E-state index is 0. The van der Waals surface area contributed by atoms with Crippen molar-refractivity contribution in [2.75, 3.05) is 19.4 Å². The molecule has 4 nitrogen and oxygen atoms in total. The van der Waals surface area contributed by atoms with Crippen molar-refractivity contribution in [1.29, 1.82) is 0 Å². The third kappa shape index (κ3) is 4.07. The van der Waals surface area contributed by atoms with E-state index in [0.29, 0.717) is 12.2 Å². The Balaban J connectivity index is 0.00000196. The van der Waals surface area contributed by atoms with E-state index in [4.69, 9.17) is 5.73 Å². The fourth-order valence-corrected chi connectivity index (χ4v) is 1.71. The Morgan fingerprint density at radius 3 is 3.00 bits per heavy atom. The lowest BCUT2D eigenvalue weighted by Crippen LogP contribution is -2.07. The van der Waals surface area contributed by atoms with Crippen molar-refractivity contribution in [3.8, 4) is 0 Å². The van der Waals surface area contributed by atoms with Crippen LogP contribution in [0, 0.1) is 0 Å². The molecule has 0 aromatic carbocycles. The van der Waals surface area contributed by atoms with Gasteiger partial charge in [-0.1, -0.05) is 0 Å². The zero-order valence-electron chi connectivity index (χ0n) is 8.30. The molecule has 1 heterocycles. The number of nitrogens with zero attached hydrogens (tertiary/aromatic N) is 1. The summed E-state index contributed by atoms with van der Waals surface area (Å²) in [7, 11) is 1.34. The Labute approximate surface area is 99.0 Å². The van der Waals surface area contributed by atoms with E-state index >= 15 is 0 Å². The molecule has 84 valence electrons. The number of pyridine rings is 1. The van der Waals surface area contributed by atoms with Crippen molar-refractivity contribution in [2.45, 2.75) is 4.90 Å². The van der Waals surface area contributed by atoms with Crippen LogP contribution in [0.15, 0.2) is 23.2 Å². The summed E-state index contributed by atoms with van der Waals surface area (Å²) in [6, 6.07) is 3.62. The van der Waals surface area contributed by atoms with E-state index in [9.17, 15) is 4.79 Å². The highest BCUT2D eigenvalue weighted by atomic mass is 35.5. The summed E-state index contributed by atoms with van der Waals surface area (Å²) < 4.78 is 4.61. The number of methoxy groups -OCH3 is 1. The number of rotatable bonds is 4. The van der Waals surface area contributed by atoms with Gasteiger partial charge in [-0.3, -0.25) is 0 Å². The lowest BCUT2D eigenvalue weighted by Gasteiger charge is -2.04. The van der Waals surface area contributed by atoms with Gasteiger partial charge in [0, 0.05) is 23.4 Å². The fourth-order valence-electron chi connectivity index (χ4n) is 0.926. The Kier molecular flexibility index (Phi) is 7.11. The van der Waals surface area contributed by atoms with Crippen LogP contribution < -0.4 is 5.73 Å². The Bertz CT molecular complexity index is 323. The van der Waals surface area contributed by atoms with Gasteiger partial charge in [0.15, 0.2) is 5.69 Å². The standard InChI is InChI=1S/C9H12N2O2S.ClH/c1-13-9(12)8-7(14-6-4-10)3-2-5-11-8;/h2-3,5H,4,6,10H2,1H3;1H. The van der Waals surface area contributed by atoms with Crippen LogP contribution >= 0.6 is 24.2 Å². The first-order valence-electron chi connectivity index (χ1n) is 4.15. The monoisotopic (exact) mass is 248 g/mol. The first-order chi connectivity index (χ1) is 6.79. The van der Waals surface area contributed by atoms with Crippen LogP contribution in [-0.2, 0) is 4.74 Å². The molecule has 1 aromatic heterocycles. The van der Waals surface area contributed by atoms with Crippen LogP contribution in [0.4, 0.5) is 0 Å². The molecule has 0 saturated carbocycles. The van der Waals surface area contributed by atoms with Crippen molar-refractivity contribution in [2.24, 2.45) is 5.73 Å². The van der Waals surface area contributed by atoms with Crippen molar-refractivity contribution in [1.82, 2.24) is 4.98 Å². The van der Waals surface area contributed by atoms with Gasteiger partial charge in [0.25, 0.3) is 0 Å². The van der Waals surface area contributed by atoms with Crippen LogP contribution in [0.3, 0.4) is 0 Å². The molecule has 0 bridgehead atoms. The van der Waals surface area contributed by atoms with Crippen molar-refractivity contribution < 1.29 is 9.53 Å². The molecular weight excluding hydrogens is 236 g/mol. The SMILES string of the molecule is COC(=O)c1ncccc1SCCN.Cl. The van der Waals surface area contributed by atoms with Crippen LogP contribution in [0.1, 0.15) is 10.5 Å². The summed E-state index contributed by atoms with van der Waals surface area (Å²) in [5, 5.41) is 0. The Hall–Kier alpha value is -0.780. The quantitative estimate of drug-likeness (QED) is 0.644. The summed E-state index contributed by atoms with van der Waals surface area (Å²) in [4.78, 5) is 16.0.